The van der Waals surface area contributed by atoms with E-state index < -0.39 is 0 Å². The molecule has 0 bridgehead atoms. The van der Waals surface area contributed by atoms with Gasteiger partial charge >= 0.3 is 0 Å². The molecule has 3 N–H and O–H groups in total. The number of anilines is 1. The molecule has 0 spiro atoms. The number of amides is 1. The summed E-state index contributed by atoms with van der Waals surface area (Å²) in [6.07, 6.45) is 2.13. The van der Waals surface area contributed by atoms with Crippen LogP contribution >= 0.6 is 15.9 Å². The van der Waals surface area contributed by atoms with Gasteiger partial charge in [-0.2, -0.15) is 0 Å². The molecule has 4 nitrogen and oxygen atoms in total. The molecule has 1 fully saturated rings. The van der Waals surface area contributed by atoms with Gasteiger partial charge < -0.3 is 11.1 Å². The molecule has 1 aliphatic rings. The Morgan fingerprint density at radius 1 is 1.58 bits per heavy atom. The van der Waals surface area contributed by atoms with Crippen molar-refractivity contribution in [1.29, 1.82) is 0 Å². The molecule has 5 heteroatoms. The van der Waals surface area contributed by atoms with Crippen LogP contribution in [-0.2, 0) is 4.79 Å². The number of aryl methyl sites for hydroxylation is 1. The average molecular weight is 326 g/mol. The topological polar surface area (TPSA) is 58.4 Å². The summed E-state index contributed by atoms with van der Waals surface area (Å²) in [5.74, 6) is 0.0126. The monoisotopic (exact) mass is 325 g/mol. The summed E-state index contributed by atoms with van der Waals surface area (Å²) < 4.78 is 0.913. The number of carbonyl (C=O) groups excluding carboxylic acids is 1. The molecule has 19 heavy (non-hydrogen) atoms. The van der Waals surface area contributed by atoms with Gasteiger partial charge in [-0.15, -0.1) is 0 Å². The Bertz CT molecular complexity index is 464. The van der Waals surface area contributed by atoms with Crippen LogP contribution in [0, 0.1) is 6.92 Å². The zero-order valence-electron chi connectivity index (χ0n) is 11.2. The van der Waals surface area contributed by atoms with E-state index in [1.807, 2.05) is 25.1 Å². The molecule has 0 radical (unpaired) electrons. The predicted molar refractivity (Wildman–Crippen MR) is 81.2 cm³/mol. The molecular formula is C14H20BrN3O. The number of carbonyl (C=O) groups is 1. The van der Waals surface area contributed by atoms with Crippen molar-refractivity contribution in [2.45, 2.75) is 25.8 Å². The number of hydrogen-bond acceptors (Lipinski definition) is 3. The van der Waals surface area contributed by atoms with Crippen LogP contribution in [0.15, 0.2) is 22.7 Å². The lowest BCUT2D eigenvalue weighted by atomic mass is 10.1. The van der Waals surface area contributed by atoms with Crippen molar-refractivity contribution < 1.29 is 4.79 Å². The highest BCUT2D eigenvalue weighted by atomic mass is 79.9. The lowest BCUT2D eigenvalue weighted by Crippen LogP contribution is -2.45. The molecule has 0 aliphatic carbocycles. The summed E-state index contributed by atoms with van der Waals surface area (Å²) >= 11 is 3.46. The Morgan fingerprint density at radius 3 is 3.05 bits per heavy atom. The van der Waals surface area contributed by atoms with Gasteiger partial charge in [-0.1, -0.05) is 6.07 Å². The molecular weight excluding hydrogens is 306 g/mol. The Morgan fingerprint density at radius 2 is 2.37 bits per heavy atom. The highest BCUT2D eigenvalue weighted by molar-refractivity contribution is 9.10. The number of rotatable bonds is 3. The molecule has 1 aliphatic heterocycles. The highest BCUT2D eigenvalue weighted by Crippen LogP contribution is 2.23. The first-order valence-electron chi connectivity index (χ1n) is 6.58. The third kappa shape index (κ3) is 4.30. The fourth-order valence-electron chi connectivity index (χ4n) is 2.35. The molecule has 1 unspecified atom stereocenters. The molecule has 1 amide bonds. The van der Waals surface area contributed by atoms with Crippen molar-refractivity contribution in [1.82, 2.24) is 4.90 Å². The van der Waals surface area contributed by atoms with Gasteiger partial charge in [0.2, 0.25) is 5.91 Å². The molecule has 1 aromatic carbocycles. The summed E-state index contributed by atoms with van der Waals surface area (Å²) in [6, 6.07) is 6.09. The summed E-state index contributed by atoms with van der Waals surface area (Å²) in [7, 11) is 0. The number of hydrogen-bond donors (Lipinski definition) is 2. The standard InChI is InChI=1S/C14H20BrN3O/c1-10-4-5-13(12(15)7-10)17-14(19)9-18-6-2-3-11(16)8-18/h4-5,7,11H,2-3,6,8-9,16H2,1H3,(H,17,19). The van der Waals surface area contributed by atoms with Crippen molar-refractivity contribution in [3.8, 4) is 0 Å². The molecule has 2 rings (SSSR count). The second-order valence-corrected chi connectivity index (χ2v) is 6.02. The van der Waals surface area contributed by atoms with E-state index in [1.54, 1.807) is 0 Å². The van der Waals surface area contributed by atoms with Crippen LogP contribution in [0.3, 0.4) is 0 Å². The number of halogens is 1. The van der Waals surface area contributed by atoms with Crippen LogP contribution < -0.4 is 11.1 Å². The van der Waals surface area contributed by atoms with Crippen LogP contribution in [0.5, 0.6) is 0 Å². The fourth-order valence-corrected chi connectivity index (χ4v) is 2.94. The first-order chi connectivity index (χ1) is 9.04. The van der Waals surface area contributed by atoms with Gasteiger partial charge in [0, 0.05) is 17.1 Å². The molecule has 104 valence electrons. The first-order valence-corrected chi connectivity index (χ1v) is 7.38. The van der Waals surface area contributed by atoms with Crippen molar-refractivity contribution in [3.05, 3.63) is 28.2 Å². The maximum atomic E-state index is 12.0. The van der Waals surface area contributed by atoms with Crippen molar-refractivity contribution in [2.75, 3.05) is 25.0 Å². The van der Waals surface area contributed by atoms with Crippen LogP contribution in [-0.4, -0.2) is 36.5 Å². The second-order valence-electron chi connectivity index (χ2n) is 5.17. The van der Waals surface area contributed by atoms with E-state index in [4.69, 9.17) is 5.73 Å². The largest absolute Gasteiger partial charge is 0.327 e. The van der Waals surface area contributed by atoms with Gasteiger partial charge in [-0.25, -0.2) is 0 Å². The van der Waals surface area contributed by atoms with E-state index in [9.17, 15) is 4.79 Å². The van der Waals surface area contributed by atoms with Gasteiger partial charge in [0.25, 0.3) is 0 Å². The normalized spacial score (nSPS) is 20.3. The highest BCUT2D eigenvalue weighted by Gasteiger charge is 2.19. The third-order valence-corrected chi connectivity index (χ3v) is 3.96. The van der Waals surface area contributed by atoms with Crippen LogP contribution in [0.2, 0.25) is 0 Å². The van der Waals surface area contributed by atoms with E-state index in [0.717, 1.165) is 41.7 Å². The number of likely N-dealkylation sites (tertiary alicyclic amines) is 1. The number of nitrogens with two attached hydrogens (primary N) is 1. The Labute approximate surface area is 122 Å². The van der Waals surface area contributed by atoms with E-state index in [0.29, 0.717) is 6.54 Å². The van der Waals surface area contributed by atoms with Gasteiger partial charge in [0.15, 0.2) is 0 Å². The zero-order chi connectivity index (χ0) is 13.8. The fraction of sp³-hybridized carbons (Fsp3) is 0.500. The Hall–Kier alpha value is -0.910. The Kier molecular flexibility index (Phi) is 4.96. The van der Waals surface area contributed by atoms with Crippen LogP contribution in [0.4, 0.5) is 5.69 Å². The predicted octanol–water partition coefficient (Wildman–Crippen LogP) is 2.12. The summed E-state index contributed by atoms with van der Waals surface area (Å²) in [5, 5.41) is 2.93. The quantitative estimate of drug-likeness (QED) is 0.894. The zero-order valence-corrected chi connectivity index (χ0v) is 12.7. The van der Waals surface area contributed by atoms with E-state index in [-0.39, 0.29) is 11.9 Å². The van der Waals surface area contributed by atoms with E-state index in [2.05, 4.69) is 26.1 Å². The van der Waals surface area contributed by atoms with E-state index in [1.165, 1.54) is 0 Å². The molecule has 1 heterocycles. The van der Waals surface area contributed by atoms with Gasteiger partial charge in [-0.05, 0) is 59.9 Å². The molecule has 0 saturated carbocycles. The van der Waals surface area contributed by atoms with Crippen LogP contribution in [0.25, 0.3) is 0 Å². The number of piperidine rings is 1. The molecule has 1 atom stereocenters. The lowest BCUT2D eigenvalue weighted by molar-refractivity contribution is -0.117. The van der Waals surface area contributed by atoms with Gasteiger partial charge in [0.1, 0.15) is 0 Å². The minimum Gasteiger partial charge on any atom is -0.327 e. The molecule has 0 aromatic heterocycles. The minimum atomic E-state index is 0.0126. The van der Waals surface area contributed by atoms with Crippen molar-refractivity contribution in [3.63, 3.8) is 0 Å². The first kappa shape index (κ1) is 14.5. The summed E-state index contributed by atoms with van der Waals surface area (Å²) in [4.78, 5) is 14.1. The number of benzene rings is 1. The van der Waals surface area contributed by atoms with Gasteiger partial charge in [-0.3, -0.25) is 9.69 Å². The maximum Gasteiger partial charge on any atom is 0.238 e. The summed E-state index contributed by atoms with van der Waals surface area (Å²) in [5.41, 5.74) is 7.89. The maximum absolute atomic E-state index is 12.0. The average Bonchev–Trinajstić information content (AvgIpc) is 2.33. The number of nitrogens with one attached hydrogen (secondary N) is 1. The second kappa shape index (κ2) is 6.50. The number of nitrogens with zero attached hydrogens (tertiary/aromatic N) is 1. The minimum absolute atomic E-state index is 0.0126. The third-order valence-electron chi connectivity index (χ3n) is 3.31. The van der Waals surface area contributed by atoms with Gasteiger partial charge in [0.05, 0.1) is 12.2 Å². The SMILES string of the molecule is Cc1ccc(NC(=O)CN2CCCC(N)C2)c(Br)c1. The molecule has 1 aromatic rings. The molecule has 1 saturated heterocycles. The Balaban J connectivity index is 1.90. The summed E-state index contributed by atoms with van der Waals surface area (Å²) in [6.45, 7) is 4.19. The van der Waals surface area contributed by atoms with Crippen molar-refractivity contribution in [2.24, 2.45) is 5.73 Å². The van der Waals surface area contributed by atoms with E-state index >= 15 is 0 Å². The smallest absolute Gasteiger partial charge is 0.238 e. The lowest BCUT2D eigenvalue weighted by Gasteiger charge is -2.30. The van der Waals surface area contributed by atoms with Crippen LogP contribution in [0.1, 0.15) is 18.4 Å². The van der Waals surface area contributed by atoms with Crippen molar-refractivity contribution >= 4 is 27.5 Å².